The fraction of sp³-hybridized carbons (Fsp3) is 0.200. The van der Waals surface area contributed by atoms with Crippen molar-refractivity contribution in [1.82, 2.24) is 0 Å². The van der Waals surface area contributed by atoms with Gasteiger partial charge in [0.1, 0.15) is 5.75 Å². The van der Waals surface area contributed by atoms with Crippen molar-refractivity contribution in [2.75, 3.05) is 6.61 Å². The Morgan fingerprint density at radius 2 is 2.06 bits per heavy atom. The standard InChI is InChI=1S/C15H14ClO/c1-3-17-13-6-4-5-12(10-13)14-8-7-11(2)9-15(14)16/h4-5,7-10H,3H2,1-2H3. The van der Waals surface area contributed by atoms with E-state index in [-0.39, 0.29) is 0 Å². The van der Waals surface area contributed by atoms with E-state index in [1.807, 2.05) is 44.2 Å². The molecule has 17 heavy (non-hydrogen) atoms. The zero-order chi connectivity index (χ0) is 12.3. The molecule has 0 aliphatic heterocycles. The Labute approximate surface area is 107 Å². The first-order valence-electron chi connectivity index (χ1n) is 5.61. The van der Waals surface area contributed by atoms with Crippen LogP contribution in [0.3, 0.4) is 0 Å². The highest BCUT2D eigenvalue weighted by Crippen LogP contribution is 2.30. The van der Waals surface area contributed by atoms with Gasteiger partial charge in [-0.25, -0.2) is 0 Å². The molecular formula is C15H14ClO. The van der Waals surface area contributed by atoms with Gasteiger partial charge in [-0.15, -0.1) is 0 Å². The van der Waals surface area contributed by atoms with Crippen LogP contribution in [0.4, 0.5) is 0 Å². The minimum Gasteiger partial charge on any atom is -0.493 e. The average Bonchev–Trinajstić information content (AvgIpc) is 2.29. The van der Waals surface area contributed by atoms with Crippen LogP contribution in [-0.2, 0) is 0 Å². The predicted molar refractivity (Wildman–Crippen MR) is 71.6 cm³/mol. The third kappa shape index (κ3) is 2.80. The Morgan fingerprint density at radius 3 is 2.76 bits per heavy atom. The van der Waals surface area contributed by atoms with Crippen LogP contribution in [0.5, 0.6) is 5.75 Å². The highest BCUT2D eigenvalue weighted by molar-refractivity contribution is 6.33. The van der Waals surface area contributed by atoms with Crippen molar-refractivity contribution >= 4 is 11.6 Å². The number of aryl methyl sites for hydroxylation is 1. The lowest BCUT2D eigenvalue weighted by atomic mass is 10.0. The molecule has 2 rings (SSSR count). The average molecular weight is 246 g/mol. The Hall–Kier alpha value is -1.47. The summed E-state index contributed by atoms with van der Waals surface area (Å²) in [6, 6.07) is 14.9. The summed E-state index contributed by atoms with van der Waals surface area (Å²) in [5.74, 6) is 0.752. The molecule has 2 aromatic rings. The van der Waals surface area contributed by atoms with E-state index in [1.165, 1.54) is 0 Å². The number of hydrogen-bond donors (Lipinski definition) is 0. The Kier molecular flexibility index (Phi) is 3.70. The van der Waals surface area contributed by atoms with Crippen LogP contribution in [0.2, 0.25) is 5.02 Å². The van der Waals surface area contributed by atoms with Crippen LogP contribution >= 0.6 is 11.6 Å². The van der Waals surface area contributed by atoms with Gasteiger partial charge in [-0.1, -0.05) is 29.8 Å². The van der Waals surface area contributed by atoms with E-state index in [2.05, 4.69) is 12.1 Å². The van der Waals surface area contributed by atoms with Gasteiger partial charge in [-0.2, -0.15) is 0 Å². The lowest BCUT2D eigenvalue weighted by Gasteiger charge is -2.08. The van der Waals surface area contributed by atoms with Crippen LogP contribution in [0.25, 0.3) is 11.1 Å². The van der Waals surface area contributed by atoms with Crippen molar-refractivity contribution in [3.05, 3.63) is 53.1 Å². The van der Waals surface area contributed by atoms with E-state index in [4.69, 9.17) is 16.3 Å². The number of ether oxygens (including phenoxy) is 1. The Morgan fingerprint density at radius 1 is 1.24 bits per heavy atom. The van der Waals surface area contributed by atoms with Crippen molar-refractivity contribution in [1.29, 1.82) is 0 Å². The summed E-state index contributed by atoms with van der Waals surface area (Å²) >= 11 is 6.24. The first-order chi connectivity index (χ1) is 8.20. The normalized spacial score (nSPS) is 10.3. The summed E-state index contributed by atoms with van der Waals surface area (Å²) in [5.41, 5.74) is 3.23. The summed E-state index contributed by atoms with van der Waals surface area (Å²) in [5, 5.41) is 0.763. The maximum Gasteiger partial charge on any atom is 0.127 e. The highest BCUT2D eigenvalue weighted by atomic mass is 35.5. The van der Waals surface area contributed by atoms with E-state index >= 15 is 0 Å². The quantitative estimate of drug-likeness (QED) is 0.773. The summed E-state index contributed by atoms with van der Waals surface area (Å²) < 4.78 is 5.43. The van der Waals surface area contributed by atoms with Crippen molar-refractivity contribution in [2.24, 2.45) is 0 Å². The molecule has 0 amide bonds. The summed E-state index contributed by atoms with van der Waals surface area (Å²) in [4.78, 5) is 0. The van der Waals surface area contributed by atoms with E-state index in [0.29, 0.717) is 6.61 Å². The first-order valence-corrected chi connectivity index (χ1v) is 5.99. The van der Waals surface area contributed by atoms with E-state index in [0.717, 1.165) is 27.5 Å². The molecule has 0 heterocycles. The van der Waals surface area contributed by atoms with Crippen molar-refractivity contribution < 1.29 is 4.74 Å². The Balaban J connectivity index is 2.42. The molecule has 0 spiro atoms. The topological polar surface area (TPSA) is 9.23 Å². The number of hydrogen-bond acceptors (Lipinski definition) is 1. The zero-order valence-electron chi connectivity index (χ0n) is 9.96. The molecule has 2 aromatic carbocycles. The smallest absolute Gasteiger partial charge is 0.127 e. The fourth-order valence-electron chi connectivity index (χ4n) is 1.71. The summed E-state index contributed by atoms with van der Waals surface area (Å²) in [6.07, 6.45) is 0. The van der Waals surface area contributed by atoms with Crippen molar-refractivity contribution in [3.8, 4) is 16.9 Å². The molecular weight excluding hydrogens is 232 g/mol. The molecule has 0 saturated heterocycles. The zero-order valence-corrected chi connectivity index (χ0v) is 10.7. The minimum absolute atomic E-state index is 0.640. The molecule has 1 nitrogen and oxygen atoms in total. The molecule has 87 valence electrons. The third-order valence-electron chi connectivity index (χ3n) is 2.51. The second-order valence-electron chi connectivity index (χ2n) is 3.86. The van der Waals surface area contributed by atoms with Gasteiger partial charge in [-0.05, 0) is 43.2 Å². The lowest BCUT2D eigenvalue weighted by Crippen LogP contribution is -1.91. The van der Waals surface area contributed by atoms with Crippen LogP contribution in [-0.4, -0.2) is 6.61 Å². The first kappa shape index (κ1) is 12.0. The second-order valence-corrected chi connectivity index (χ2v) is 4.27. The molecule has 2 heteroatoms. The van der Waals surface area contributed by atoms with E-state index in [9.17, 15) is 0 Å². The monoisotopic (exact) mass is 245 g/mol. The van der Waals surface area contributed by atoms with Crippen molar-refractivity contribution in [3.63, 3.8) is 0 Å². The largest absolute Gasteiger partial charge is 0.493 e. The number of halogens is 1. The van der Waals surface area contributed by atoms with E-state index < -0.39 is 0 Å². The SMILES string of the molecule is CCOc1[c]ccc(-c2ccc(C)cc2Cl)c1. The van der Waals surface area contributed by atoms with Gasteiger partial charge in [0, 0.05) is 16.7 Å². The molecule has 1 radical (unpaired) electrons. The number of rotatable bonds is 3. The van der Waals surface area contributed by atoms with Gasteiger partial charge in [0.2, 0.25) is 0 Å². The molecule has 0 aliphatic carbocycles. The van der Waals surface area contributed by atoms with Crippen LogP contribution in [0, 0.1) is 13.0 Å². The third-order valence-corrected chi connectivity index (χ3v) is 2.82. The minimum atomic E-state index is 0.640. The molecule has 0 aromatic heterocycles. The molecule has 0 bridgehead atoms. The van der Waals surface area contributed by atoms with Crippen LogP contribution in [0.1, 0.15) is 12.5 Å². The number of benzene rings is 2. The maximum absolute atomic E-state index is 6.24. The van der Waals surface area contributed by atoms with Gasteiger partial charge < -0.3 is 4.74 Å². The molecule has 0 atom stereocenters. The van der Waals surface area contributed by atoms with Gasteiger partial charge >= 0.3 is 0 Å². The molecule has 0 saturated carbocycles. The maximum atomic E-state index is 6.24. The van der Waals surface area contributed by atoms with Gasteiger partial charge in [0.15, 0.2) is 0 Å². The van der Waals surface area contributed by atoms with Crippen molar-refractivity contribution in [2.45, 2.75) is 13.8 Å². The molecule has 0 aliphatic rings. The fourth-order valence-corrected chi connectivity index (χ4v) is 2.05. The van der Waals surface area contributed by atoms with E-state index in [1.54, 1.807) is 0 Å². The highest BCUT2D eigenvalue weighted by Gasteiger charge is 2.04. The van der Waals surface area contributed by atoms with Crippen LogP contribution < -0.4 is 4.74 Å². The molecule has 0 unspecified atom stereocenters. The summed E-state index contributed by atoms with van der Waals surface area (Å²) in [7, 11) is 0. The Bertz CT molecular complexity index is 520. The van der Waals surface area contributed by atoms with Gasteiger partial charge in [0.05, 0.1) is 6.61 Å². The predicted octanol–water partition coefficient (Wildman–Crippen LogP) is 4.51. The molecule has 0 N–H and O–H groups in total. The van der Waals surface area contributed by atoms with Crippen LogP contribution in [0.15, 0.2) is 36.4 Å². The van der Waals surface area contributed by atoms with Gasteiger partial charge in [0.25, 0.3) is 0 Å². The lowest BCUT2D eigenvalue weighted by molar-refractivity contribution is 0.339. The van der Waals surface area contributed by atoms with Gasteiger partial charge in [-0.3, -0.25) is 0 Å². The summed E-state index contributed by atoms with van der Waals surface area (Å²) in [6.45, 7) is 4.63. The second kappa shape index (κ2) is 5.24. The molecule has 0 fully saturated rings.